The first-order valence-electron chi connectivity index (χ1n) is 15.8. The van der Waals surface area contributed by atoms with E-state index in [0.29, 0.717) is 44.3 Å². The van der Waals surface area contributed by atoms with E-state index in [9.17, 15) is 19.5 Å². The van der Waals surface area contributed by atoms with Crippen LogP contribution in [0.4, 0.5) is 5.69 Å². The third kappa shape index (κ3) is 10.6. The molecule has 0 saturated carbocycles. The normalized spacial score (nSPS) is 22.2. The molecule has 2 aromatic carbocycles. The number of carbonyl (C=O) groups excluding carboxylic acids is 3. The zero-order chi connectivity index (χ0) is 32.4. The molecule has 4 rings (SSSR count). The number of likely N-dealkylation sites (tertiary alicyclic amines) is 1. The standard InChI is InChI=1S/C34H47N3O8/c1-34(2,3)45-32(41)28-8-7-19-37(28)21-27-20-29(24-13-11-23(22-38)12-14-24)44-33(43-27)25-15-17-26(18-16-25)35-30(39)9-5-4-6-10-31(40)36-42/h11-18,27-29,33,38,42H,4-10,19-22H2,1-3H3,(H,35,39)(H,36,40)/t27-,28+,29+,33+/m1/s1. The van der Waals surface area contributed by atoms with Crippen molar-refractivity contribution in [2.45, 2.75) is 109 Å². The second kappa shape index (κ2) is 16.3. The van der Waals surface area contributed by atoms with Gasteiger partial charge in [-0.3, -0.25) is 24.5 Å². The number of rotatable bonds is 13. The van der Waals surface area contributed by atoms with Crippen molar-refractivity contribution in [3.63, 3.8) is 0 Å². The van der Waals surface area contributed by atoms with E-state index in [1.54, 1.807) is 5.48 Å². The van der Waals surface area contributed by atoms with E-state index in [1.165, 1.54) is 0 Å². The maximum absolute atomic E-state index is 13.0. The minimum atomic E-state index is -0.658. The summed E-state index contributed by atoms with van der Waals surface area (Å²) in [5, 5.41) is 21.0. The minimum Gasteiger partial charge on any atom is -0.459 e. The Balaban J connectivity index is 1.40. The van der Waals surface area contributed by atoms with Crippen LogP contribution in [0.3, 0.4) is 0 Å². The van der Waals surface area contributed by atoms with E-state index < -0.39 is 17.8 Å². The summed E-state index contributed by atoms with van der Waals surface area (Å²) in [6.07, 6.45) is 3.64. The SMILES string of the molecule is CC(C)(C)OC(=O)[C@@H]1CCCN1C[C@H]1C[C@@H](c2ccc(CO)cc2)O[C@@H](c2ccc(NC(=O)CCCCCC(=O)NO)cc2)O1. The highest BCUT2D eigenvalue weighted by molar-refractivity contribution is 5.90. The maximum atomic E-state index is 13.0. The first-order valence-corrected chi connectivity index (χ1v) is 15.8. The van der Waals surface area contributed by atoms with E-state index in [-0.39, 0.29) is 43.2 Å². The number of amides is 2. The van der Waals surface area contributed by atoms with Crippen molar-refractivity contribution in [1.29, 1.82) is 0 Å². The van der Waals surface area contributed by atoms with Crippen LogP contribution in [-0.2, 0) is 35.2 Å². The first kappa shape index (κ1) is 34.5. The average molecular weight is 626 g/mol. The molecule has 11 heteroatoms. The van der Waals surface area contributed by atoms with Gasteiger partial charge in [0.25, 0.3) is 0 Å². The van der Waals surface area contributed by atoms with E-state index in [0.717, 1.165) is 36.1 Å². The van der Waals surface area contributed by atoms with Crippen molar-refractivity contribution in [2.75, 3.05) is 18.4 Å². The third-order valence-corrected chi connectivity index (χ3v) is 7.99. The van der Waals surface area contributed by atoms with Crippen LogP contribution in [0.2, 0.25) is 0 Å². The number of ether oxygens (including phenoxy) is 3. The fourth-order valence-corrected chi connectivity index (χ4v) is 5.73. The summed E-state index contributed by atoms with van der Waals surface area (Å²) in [6, 6.07) is 14.8. The molecule has 4 N–H and O–H groups in total. The highest BCUT2D eigenvalue weighted by atomic mass is 16.7. The lowest BCUT2D eigenvalue weighted by Gasteiger charge is -2.38. The van der Waals surface area contributed by atoms with E-state index in [4.69, 9.17) is 19.4 Å². The number of aliphatic hydroxyl groups is 1. The number of hydrogen-bond donors (Lipinski definition) is 4. The molecular formula is C34H47N3O8. The minimum absolute atomic E-state index is 0.0343. The Morgan fingerprint density at radius 3 is 2.24 bits per heavy atom. The molecule has 0 radical (unpaired) electrons. The molecule has 2 fully saturated rings. The van der Waals surface area contributed by atoms with Crippen LogP contribution in [0, 0.1) is 0 Å². The average Bonchev–Trinajstić information content (AvgIpc) is 3.48. The predicted molar refractivity (Wildman–Crippen MR) is 167 cm³/mol. The van der Waals surface area contributed by atoms with Gasteiger partial charge in [0.2, 0.25) is 11.8 Å². The van der Waals surface area contributed by atoms with Gasteiger partial charge >= 0.3 is 5.97 Å². The van der Waals surface area contributed by atoms with Crippen LogP contribution >= 0.6 is 0 Å². The summed E-state index contributed by atoms with van der Waals surface area (Å²) in [4.78, 5) is 38.7. The van der Waals surface area contributed by atoms with Crippen molar-refractivity contribution >= 4 is 23.5 Å². The zero-order valence-electron chi connectivity index (χ0n) is 26.5. The number of esters is 1. The molecule has 246 valence electrons. The molecule has 0 spiro atoms. The number of benzene rings is 2. The Morgan fingerprint density at radius 2 is 1.60 bits per heavy atom. The summed E-state index contributed by atoms with van der Waals surface area (Å²) in [5.41, 5.74) is 4.32. The van der Waals surface area contributed by atoms with Crippen molar-refractivity contribution in [1.82, 2.24) is 10.4 Å². The van der Waals surface area contributed by atoms with Gasteiger partial charge in [-0.25, -0.2) is 5.48 Å². The van der Waals surface area contributed by atoms with E-state index in [2.05, 4.69) is 10.2 Å². The Kier molecular flexibility index (Phi) is 12.5. The number of nitrogens with zero attached hydrogens (tertiary/aromatic N) is 1. The Hall–Kier alpha value is -3.35. The molecule has 0 unspecified atom stereocenters. The second-order valence-corrected chi connectivity index (χ2v) is 12.8. The largest absolute Gasteiger partial charge is 0.459 e. The molecule has 11 nitrogen and oxygen atoms in total. The summed E-state index contributed by atoms with van der Waals surface area (Å²) in [7, 11) is 0. The lowest BCUT2D eigenvalue weighted by molar-refractivity contribution is -0.253. The van der Waals surface area contributed by atoms with Crippen molar-refractivity contribution < 1.29 is 38.9 Å². The van der Waals surface area contributed by atoms with Crippen LogP contribution < -0.4 is 10.8 Å². The summed E-state index contributed by atoms with van der Waals surface area (Å²) in [5.74, 6) is -0.744. The van der Waals surface area contributed by atoms with E-state index >= 15 is 0 Å². The number of carbonyl (C=O) groups is 3. The molecule has 2 aliphatic rings. The van der Waals surface area contributed by atoms with Crippen LogP contribution in [0.15, 0.2) is 48.5 Å². The second-order valence-electron chi connectivity index (χ2n) is 12.8. The number of aliphatic hydroxyl groups excluding tert-OH is 1. The van der Waals surface area contributed by atoms with Gasteiger partial charge in [0.1, 0.15) is 11.6 Å². The summed E-state index contributed by atoms with van der Waals surface area (Å²) in [6.45, 7) is 6.96. The van der Waals surface area contributed by atoms with Crippen molar-refractivity contribution in [2.24, 2.45) is 0 Å². The molecule has 4 atom stereocenters. The summed E-state index contributed by atoms with van der Waals surface area (Å²) < 4.78 is 18.7. The molecule has 0 aliphatic carbocycles. The third-order valence-electron chi connectivity index (χ3n) is 7.99. The molecule has 2 aliphatic heterocycles. The molecule has 2 saturated heterocycles. The number of anilines is 1. The molecular weight excluding hydrogens is 578 g/mol. The molecule has 2 heterocycles. The van der Waals surface area contributed by atoms with Gasteiger partial charge in [-0.05, 0) is 76.3 Å². The van der Waals surface area contributed by atoms with Gasteiger partial charge in [-0.1, -0.05) is 42.8 Å². The van der Waals surface area contributed by atoms with Crippen LogP contribution in [0.5, 0.6) is 0 Å². The Labute approximate surface area is 265 Å². The van der Waals surface area contributed by atoms with Crippen molar-refractivity contribution in [3.8, 4) is 0 Å². The number of hydroxylamine groups is 1. The molecule has 2 amide bonds. The van der Waals surface area contributed by atoms with Gasteiger partial charge in [0.05, 0.1) is 18.8 Å². The zero-order valence-corrected chi connectivity index (χ0v) is 26.5. The number of hydrogen-bond acceptors (Lipinski definition) is 9. The predicted octanol–water partition coefficient (Wildman–Crippen LogP) is 4.92. The molecule has 0 bridgehead atoms. The molecule has 2 aromatic rings. The van der Waals surface area contributed by atoms with Crippen LogP contribution in [0.25, 0.3) is 0 Å². The maximum Gasteiger partial charge on any atom is 0.323 e. The van der Waals surface area contributed by atoms with Gasteiger partial charge < -0.3 is 24.6 Å². The number of nitrogens with one attached hydrogen (secondary N) is 2. The molecule has 45 heavy (non-hydrogen) atoms. The monoisotopic (exact) mass is 625 g/mol. The smallest absolute Gasteiger partial charge is 0.323 e. The van der Waals surface area contributed by atoms with E-state index in [1.807, 2.05) is 69.3 Å². The van der Waals surface area contributed by atoms with Gasteiger partial charge in [-0.15, -0.1) is 0 Å². The molecule has 0 aromatic heterocycles. The lowest BCUT2D eigenvalue weighted by atomic mass is 9.99. The van der Waals surface area contributed by atoms with Crippen molar-refractivity contribution in [3.05, 3.63) is 65.2 Å². The highest BCUT2D eigenvalue weighted by Gasteiger charge is 2.38. The fraction of sp³-hybridized carbons (Fsp3) is 0.559. The summed E-state index contributed by atoms with van der Waals surface area (Å²) >= 11 is 0. The fourth-order valence-electron chi connectivity index (χ4n) is 5.73. The lowest BCUT2D eigenvalue weighted by Crippen LogP contribution is -2.45. The van der Waals surface area contributed by atoms with Crippen LogP contribution in [-0.4, -0.2) is 63.8 Å². The van der Waals surface area contributed by atoms with Crippen LogP contribution in [0.1, 0.15) is 101 Å². The Morgan fingerprint density at radius 1 is 0.933 bits per heavy atom. The van der Waals surface area contributed by atoms with Gasteiger partial charge in [0.15, 0.2) is 6.29 Å². The first-order chi connectivity index (χ1) is 21.5. The highest BCUT2D eigenvalue weighted by Crippen LogP contribution is 2.39. The quantitative estimate of drug-likeness (QED) is 0.105. The topological polar surface area (TPSA) is 147 Å². The number of unbranched alkanes of at least 4 members (excludes halogenated alkanes) is 2. The van der Waals surface area contributed by atoms with Gasteiger partial charge in [-0.2, -0.15) is 0 Å². The Bertz CT molecular complexity index is 1260. The van der Waals surface area contributed by atoms with Gasteiger partial charge in [0, 0.05) is 37.1 Å².